The molecule has 1 aliphatic carbocycles. The van der Waals surface area contributed by atoms with E-state index in [2.05, 4.69) is 55.4 Å². The monoisotopic (exact) mass is 310 g/mol. The predicted molar refractivity (Wildman–Crippen MR) is 93.7 cm³/mol. The van der Waals surface area contributed by atoms with Crippen LogP contribution in [0.2, 0.25) is 0 Å². The molecule has 1 saturated carbocycles. The Morgan fingerprint density at radius 3 is 1.86 bits per heavy atom. The normalized spacial score (nSPS) is 26.1. The lowest BCUT2D eigenvalue weighted by Crippen LogP contribution is -2.39. The van der Waals surface area contributed by atoms with E-state index in [0.717, 1.165) is 25.2 Å². The Morgan fingerprint density at radius 1 is 1.00 bits per heavy atom. The van der Waals surface area contributed by atoms with Crippen LogP contribution in [0.4, 0.5) is 0 Å². The third-order valence-corrected chi connectivity index (χ3v) is 5.75. The van der Waals surface area contributed by atoms with Crippen LogP contribution in [-0.2, 0) is 9.53 Å². The third kappa shape index (κ3) is 4.99. The van der Waals surface area contributed by atoms with Gasteiger partial charge in [-0.1, -0.05) is 48.5 Å². The first kappa shape index (κ1) is 19.5. The van der Waals surface area contributed by atoms with E-state index in [1.807, 2.05) is 0 Å². The van der Waals surface area contributed by atoms with Crippen molar-refractivity contribution in [2.75, 3.05) is 0 Å². The average Bonchev–Trinajstić information content (AvgIpc) is 2.37. The Morgan fingerprint density at radius 2 is 1.50 bits per heavy atom. The summed E-state index contributed by atoms with van der Waals surface area (Å²) in [7, 11) is 0. The third-order valence-electron chi connectivity index (χ3n) is 5.75. The van der Waals surface area contributed by atoms with Crippen LogP contribution in [0, 0.1) is 28.6 Å². The Kier molecular flexibility index (Phi) is 6.53. The Balaban J connectivity index is 2.61. The Hall–Kier alpha value is -0.530. The van der Waals surface area contributed by atoms with Gasteiger partial charge in [0.2, 0.25) is 0 Å². The molecule has 130 valence electrons. The van der Waals surface area contributed by atoms with Gasteiger partial charge >= 0.3 is 5.97 Å². The van der Waals surface area contributed by atoms with Crippen LogP contribution in [0.15, 0.2) is 0 Å². The number of rotatable bonds is 5. The Labute approximate surface area is 138 Å². The molecule has 1 rings (SSSR count). The van der Waals surface area contributed by atoms with Gasteiger partial charge in [0, 0.05) is 0 Å². The highest BCUT2D eigenvalue weighted by molar-refractivity contribution is 5.77. The van der Waals surface area contributed by atoms with E-state index in [0.29, 0.717) is 17.3 Å². The lowest BCUT2D eigenvalue weighted by atomic mass is 9.71. The van der Waals surface area contributed by atoms with E-state index < -0.39 is 0 Å². The summed E-state index contributed by atoms with van der Waals surface area (Å²) in [5.74, 6) is 1.61. The second-order valence-corrected chi connectivity index (χ2v) is 9.42. The minimum Gasteiger partial charge on any atom is -0.462 e. The molecule has 1 atom stereocenters. The highest BCUT2D eigenvalue weighted by Gasteiger charge is 2.40. The van der Waals surface area contributed by atoms with Gasteiger partial charge in [-0.2, -0.15) is 0 Å². The first-order chi connectivity index (χ1) is 9.96. The molecule has 0 bridgehead atoms. The van der Waals surface area contributed by atoms with Crippen LogP contribution in [-0.4, -0.2) is 12.1 Å². The van der Waals surface area contributed by atoms with Crippen LogP contribution in [0.1, 0.15) is 87.5 Å². The smallest absolute Gasteiger partial charge is 0.312 e. The van der Waals surface area contributed by atoms with E-state index >= 15 is 0 Å². The van der Waals surface area contributed by atoms with Gasteiger partial charge in [-0.3, -0.25) is 4.79 Å². The molecule has 0 aromatic carbocycles. The van der Waals surface area contributed by atoms with Crippen molar-refractivity contribution >= 4 is 5.97 Å². The molecule has 0 saturated heterocycles. The molecule has 2 heteroatoms. The number of hydrogen-bond acceptors (Lipinski definition) is 2. The van der Waals surface area contributed by atoms with E-state index in [9.17, 15) is 4.79 Å². The summed E-state index contributed by atoms with van der Waals surface area (Å²) < 4.78 is 5.94. The lowest BCUT2D eigenvalue weighted by Gasteiger charge is -2.39. The van der Waals surface area contributed by atoms with E-state index in [4.69, 9.17) is 4.74 Å². The van der Waals surface area contributed by atoms with Gasteiger partial charge in [-0.15, -0.1) is 0 Å². The largest absolute Gasteiger partial charge is 0.462 e. The number of esters is 1. The predicted octanol–water partition coefficient (Wildman–Crippen LogP) is 5.84. The van der Waals surface area contributed by atoms with Crippen molar-refractivity contribution in [1.29, 1.82) is 0 Å². The van der Waals surface area contributed by atoms with Crippen molar-refractivity contribution in [2.45, 2.75) is 93.6 Å². The maximum atomic E-state index is 12.8. The van der Waals surface area contributed by atoms with Crippen molar-refractivity contribution in [3.63, 3.8) is 0 Å². The van der Waals surface area contributed by atoms with E-state index in [1.165, 1.54) is 12.8 Å². The second kappa shape index (κ2) is 7.36. The van der Waals surface area contributed by atoms with Gasteiger partial charge < -0.3 is 4.74 Å². The first-order valence-corrected chi connectivity index (χ1v) is 9.18. The van der Waals surface area contributed by atoms with Crippen LogP contribution < -0.4 is 0 Å². The molecule has 0 N–H and O–H groups in total. The van der Waals surface area contributed by atoms with Gasteiger partial charge in [0.15, 0.2) is 0 Å². The minimum atomic E-state index is -0.352. The maximum Gasteiger partial charge on any atom is 0.312 e. The zero-order valence-electron chi connectivity index (χ0n) is 16.2. The molecule has 0 aromatic heterocycles. The Bertz CT molecular complexity index is 356. The molecule has 22 heavy (non-hydrogen) atoms. The van der Waals surface area contributed by atoms with Gasteiger partial charge in [-0.25, -0.2) is 0 Å². The highest BCUT2D eigenvalue weighted by atomic mass is 16.5. The van der Waals surface area contributed by atoms with Crippen LogP contribution >= 0.6 is 0 Å². The fourth-order valence-corrected chi connectivity index (χ4v) is 3.74. The molecule has 0 spiro atoms. The summed E-state index contributed by atoms with van der Waals surface area (Å²) in [6, 6.07) is 0. The van der Waals surface area contributed by atoms with Gasteiger partial charge in [0.25, 0.3) is 0 Å². The molecule has 0 aliphatic heterocycles. The molecular weight excluding hydrogens is 272 g/mol. The molecule has 0 amide bonds. The van der Waals surface area contributed by atoms with Crippen LogP contribution in [0.3, 0.4) is 0 Å². The summed E-state index contributed by atoms with van der Waals surface area (Å²) in [5, 5.41) is 0. The van der Waals surface area contributed by atoms with Crippen LogP contribution in [0.5, 0.6) is 0 Å². The lowest BCUT2D eigenvalue weighted by molar-refractivity contribution is -0.167. The number of ether oxygens (including phenoxy) is 1. The topological polar surface area (TPSA) is 26.3 Å². The first-order valence-electron chi connectivity index (χ1n) is 9.18. The van der Waals surface area contributed by atoms with Gasteiger partial charge in [-0.05, 0) is 62.2 Å². The quantitative estimate of drug-likeness (QED) is 0.596. The highest BCUT2D eigenvalue weighted by Crippen LogP contribution is 2.40. The van der Waals surface area contributed by atoms with E-state index in [1.54, 1.807) is 0 Å². The van der Waals surface area contributed by atoms with Gasteiger partial charge in [0.1, 0.15) is 6.10 Å². The second-order valence-electron chi connectivity index (χ2n) is 9.42. The van der Waals surface area contributed by atoms with E-state index in [-0.39, 0.29) is 17.5 Å². The number of hydrogen-bond donors (Lipinski definition) is 0. The van der Waals surface area contributed by atoms with Gasteiger partial charge in [0.05, 0.1) is 5.41 Å². The summed E-state index contributed by atoms with van der Waals surface area (Å²) in [4.78, 5) is 12.8. The molecule has 0 unspecified atom stereocenters. The van der Waals surface area contributed by atoms with Crippen LogP contribution in [0.25, 0.3) is 0 Å². The maximum absolute atomic E-state index is 12.8. The zero-order valence-corrected chi connectivity index (χ0v) is 16.2. The molecular formula is C20H38O2. The summed E-state index contributed by atoms with van der Waals surface area (Å²) >= 11 is 0. The fraction of sp³-hybridized carbons (Fsp3) is 0.950. The summed E-state index contributed by atoms with van der Waals surface area (Å²) in [5.41, 5.74) is 0.0219. The SMILES string of the molecule is CC(C)C[C@](C)(C(=O)OC1CCC(C(C)(C)C)CC1)C(C)C. The fourth-order valence-electron chi connectivity index (χ4n) is 3.74. The minimum absolute atomic E-state index is 0.0235. The average molecular weight is 311 g/mol. The molecule has 1 aliphatic rings. The van der Waals surface area contributed by atoms with Crippen molar-refractivity contribution in [3.05, 3.63) is 0 Å². The molecule has 2 nitrogen and oxygen atoms in total. The number of carbonyl (C=O) groups excluding carboxylic acids is 1. The van der Waals surface area contributed by atoms with Crippen molar-refractivity contribution in [3.8, 4) is 0 Å². The molecule has 1 fully saturated rings. The van der Waals surface area contributed by atoms with Crippen molar-refractivity contribution in [2.24, 2.45) is 28.6 Å². The molecule has 0 aromatic rings. The summed E-state index contributed by atoms with van der Waals surface area (Å²) in [6.07, 6.45) is 5.47. The van der Waals surface area contributed by atoms with Crippen molar-refractivity contribution < 1.29 is 9.53 Å². The van der Waals surface area contributed by atoms with Crippen molar-refractivity contribution in [1.82, 2.24) is 0 Å². The number of carbonyl (C=O) groups is 1. The standard InChI is InChI=1S/C20H38O2/c1-14(2)13-20(8,15(3)4)18(21)22-17-11-9-16(10-12-17)19(5,6)7/h14-17H,9-13H2,1-8H3/t16?,17?,20-/m0/s1. The molecule has 0 radical (unpaired) electrons. The molecule has 0 heterocycles. The summed E-state index contributed by atoms with van der Waals surface area (Å²) in [6.45, 7) is 17.7. The zero-order chi connectivity index (χ0) is 17.1.